The lowest BCUT2D eigenvalue weighted by Crippen LogP contribution is -2.34. The maximum Gasteiger partial charge on any atom is 0.0692 e. The van der Waals surface area contributed by atoms with Crippen LogP contribution in [0.1, 0.15) is 40.5 Å². The Morgan fingerprint density at radius 1 is 1.12 bits per heavy atom. The monoisotopic (exact) mass is 238 g/mol. The Hall–Kier alpha value is -0.900. The molecule has 0 aliphatic rings. The van der Waals surface area contributed by atoms with Gasteiger partial charge in [0.1, 0.15) is 0 Å². The molecule has 98 valence electrons. The third-order valence-electron chi connectivity index (χ3n) is 2.76. The second-order valence-electron chi connectivity index (χ2n) is 5.58. The fourth-order valence-corrected chi connectivity index (χ4v) is 2.14. The number of nitrogens with one attached hydrogen (secondary N) is 1. The first kappa shape index (κ1) is 14.2. The van der Waals surface area contributed by atoms with Crippen molar-refractivity contribution >= 4 is 0 Å². The van der Waals surface area contributed by atoms with Gasteiger partial charge in [0, 0.05) is 18.8 Å². The molecule has 0 unspecified atom stereocenters. The minimum absolute atomic E-state index is 0.624. The molecule has 0 aromatic carbocycles. The number of hydrogen-bond acceptors (Lipinski definition) is 3. The lowest BCUT2D eigenvalue weighted by atomic mass is 9.96. The highest BCUT2D eigenvalue weighted by Crippen LogP contribution is 2.12. The van der Waals surface area contributed by atoms with Crippen molar-refractivity contribution in [3.8, 4) is 0 Å². The van der Waals surface area contributed by atoms with Crippen molar-refractivity contribution in [2.24, 2.45) is 11.8 Å². The molecule has 0 amide bonds. The molecule has 4 heteroatoms. The molecule has 0 spiro atoms. The summed E-state index contributed by atoms with van der Waals surface area (Å²) in [6.07, 6.45) is 6.12. The van der Waals surface area contributed by atoms with Crippen LogP contribution in [0.5, 0.6) is 0 Å². The summed E-state index contributed by atoms with van der Waals surface area (Å²) in [7, 11) is 0. The van der Waals surface area contributed by atoms with Crippen molar-refractivity contribution in [3.05, 3.63) is 12.4 Å². The van der Waals surface area contributed by atoms with E-state index >= 15 is 0 Å². The number of hydrogen-bond donors (Lipinski definition) is 1. The summed E-state index contributed by atoms with van der Waals surface area (Å²) in [6.45, 7) is 11.0. The van der Waals surface area contributed by atoms with E-state index in [9.17, 15) is 0 Å². The van der Waals surface area contributed by atoms with Crippen molar-refractivity contribution in [1.29, 1.82) is 0 Å². The minimum atomic E-state index is 0.624. The van der Waals surface area contributed by atoms with Crippen LogP contribution < -0.4 is 5.32 Å². The van der Waals surface area contributed by atoms with Crippen LogP contribution in [-0.2, 0) is 6.54 Å². The Balaban J connectivity index is 2.27. The lowest BCUT2D eigenvalue weighted by molar-refractivity contribution is 0.351. The van der Waals surface area contributed by atoms with E-state index in [2.05, 4.69) is 43.3 Å². The van der Waals surface area contributed by atoms with Crippen molar-refractivity contribution in [1.82, 2.24) is 20.3 Å². The highest BCUT2D eigenvalue weighted by molar-refractivity contribution is 4.71. The molecule has 17 heavy (non-hydrogen) atoms. The van der Waals surface area contributed by atoms with Crippen LogP contribution >= 0.6 is 0 Å². The van der Waals surface area contributed by atoms with Gasteiger partial charge in [0.2, 0.25) is 0 Å². The molecule has 1 heterocycles. The summed E-state index contributed by atoms with van der Waals surface area (Å²) < 4.78 is 1.87. The second kappa shape index (κ2) is 7.43. The standard InChI is InChI=1S/C13H26N4/c1-11(2)9-13(10-12(3)4)14-5-7-17-8-6-15-16-17/h6,8,11-14H,5,7,9-10H2,1-4H3. The van der Waals surface area contributed by atoms with Crippen LogP contribution in [0.4, 0.5) is 0 Å². The predicted molar refractivity (Wildman–Crippen MR) is 70.7 cm³/mol. The van der Waals surface area contributed by atoms with Crippen molar-refractivity contribution in [2.45, 2.75) is 53.1 Å². The van der Waals surface area contributed by atoms with Gasteiger partial charge in [-0.2, -0.15) is 0 Å². The van der Waals surface area contributed by atoms with Crippen LogP contribution in [0.3, 0.4) is 0 Å². The lowest BCUT2D eigenvalue weighted by Gasteiger charge is -2.22. The van der Waals surface area contributed by atoms with E-state index in [1.165, 1.54) is 12.8 Å². The molecule has 1 N–H and O–H groups in total. The maximum absolute atomic E-state index is 3.96. The Morgan fingerprint density at radius 2 is 1.76 bits per heavy atom. The van der Waals surface area contributed by atoms with E-state index in [1.54, 1.807) is 6.20 Å². The molecular weight excluding hydrogens is 212 g/mol. The fraction of sp³-hybridized carbons (Fsp3) is 0.846. The Bertz CT molecular complexity index is 270. The highest BCUT2D eigenvalue weighted by Gasteiger charge is 2.11. The average molecular weight is 238 g/mol. The van der Waals surface area contributed by atoms with Gasteiger partial charge in [-0.25, -0.2) is 0 Å². The highest BCUT2D eigenvalue weighted by atomic mass is 15.4. The largest absolute Gasteiger partial charge is 0.312 e. The molecule has 0 aliphatic carbocycles. The number of nitrogens with zero attached hydrogens (tertiary/aromatic N) is 3. The SMILES string of the molecule is CC(C)CC(CC(C)C)NCCn1ccnn1. The van der Waals surface area contributed by atoms with Gasteiger partial charge in [-0.3, -0.25) is 4.68 Å². The summed E-state index contributed by atoms with van der Waals surface area (Å²) in [5.74, 6) is 1.50. The Morgan fingerprint density at radius 3 is 2.24 bits per heavy atom. The number of rotatable bonds is 8. The van der Waals surface area contributed by atoms with Gasteiger partial charge < -0.3 is 5.32 Å². The smallest absolute Gasteiger partial charge is 0.0692 e. The van der Waals surface area contributed by atoms with Gasteiger partial charge >= 0.3 is 0 Å². The summed E-state index contributed by atoms with van der Waals surface area (Å²) in [5.41, 5.74) is 0. The van der Waals surface area contributed by atoms with Gasteiger partial charge in [0.15, 0.2) is 0 Å². The van der Waals surface area contributed by atoms with Crippen LogP contribution in [0, 0.1) is 11.8 Å². The van der Waals surface area contributed by atoms with Crippen molar-refractivity contribution in [2.75, 3.05) is 6.54 Å². The first-order chi connectivity index (χ1) is 8.08. The minimum Gasteiger partial charge on any atom is -0.312 e. The van der Waals surface area contributed by atoms with E-state index in [1.807, 2.05) is 10.9 Å². The zero-order valence-corrected chi connectivity index (χ0v) is 11.6. The summed E-state index contributed by atoms with van der Waals surface area (Å²) >= 11 is 0. The van der Waals surface area contributed by atoms with Gasteiger partial charge in [-0.05, 0) is 24.7 Å². The Kier molecular flexibility index (Phi) is 6.19. The van der Waals surface area contributed by atoms with Crippen LogP contribution in [-0.4, -0.2) is 27.6 Å². The number of aromatic nitrogens is 3. The first-order valence-electron chi connectivity index (χ1n) is 6.65. The van der Waals surface area contributed by atoms with E-state index in [4.69, 9.17) is 0 Å². The van der Waals surface area contributed by atoms with E-state index in [0.717, 1.165) is 24.9 Å². The van der Waals surface area contributed by atoms with Gasteiger partial charge in [-0.15, -0.1) is 5.10 Å². The molecule has 1 aromatic heterocycles. The topological polar surface area (TPSA) is 42.7 Å². The van der Waals surface area contributed by atoms with E-state index in [-0.39, 0.29) is 0 Å². The Labute approximate surface area is 105 Å². The fourth-order valence-electron chi connectivity index (χ4n) is 2.14. The average Bonchev–Trinajstić information content (AvgIpc) is 2.68. The zero-order chi connectivity index (χ0) is 12.7. The first-order valence-corrected chi connectivity index (χ1v) is 6.65. The molecule has 1 rings (SSSR count). The molecule has 4 nitrogen and oxygen atoms in total. The molecule has 0 radical (unpaired) electrons. The maximum atomic E-state index is 3.96. The molecule has 0 aliphatic heterocycles. The van der Waals surface area contributed by atoms with Crippen molar-refractivity contribution < 1.29 is 0 Å². The zero-order valence-electron chi connectivity index (χ0n) is 11.6. The van der Waals surface area contributed by atoms with Crippen molar-refractivity contribution in [3.63, 3.8) is 0 Å². The van der Waals surface area contributed by atoms with E-state index in [0.29, 0.717) is 6.04 Å². The van der Waals surface area contributed by atoms with Crippen LogP contribution in [0.25, 0.3) is 0 Å². The molecule has 0 bridgehead atoms. The summed E-state index contributed by atoms with van der Waals surface area (Å²) in [4.78, 5) is 0. The molecule has 0 fully saturated rings. The van der Waals surface area contributed by atoms with E-state index < -0.39 is 0 Å². The molecular formula is C13H26N4. The summed E-state index contributed by atoms with van der Waals surface area (Å²) in [6, 6.07) is 0.624. The normalized spacial score (nSPS) is 11.9. The van der Waals surface area contributed by atoms with Gasteiger partial charge in [0.05, 0.1) is 12.7 Å². The molecule has 0 saturated carbocycles. The molecule has 0 saturated heterocycles. The second-order valence-corrected chi connectivity index (χ2v) is 5.58. The van der Waals surface area contributed by atoms with Gasteiger partial charge in [-0.1, -0.05) is 32.9 Å². The third-order valence-corrected chi connectivity index (χ3v) is 2.76. The van der Waals surface area contributed by atoms with Crippen LogP contribution in [0.2, 0.25) is 0 Å². The molecule has 1 aromatic rings. The quantitative estimate of drug-likeness (QED) is 0.756. The predicted octanol–water partition coefficient (Wildman–Crippen LogP) is 2.33. The molecule has 0 atom stereocenters. The summed E-state index contributed by atoms with van der Waals surface area (Å²) in [5, 5.41) is 11.4. The van der Waals surface area contributed by atoms with Gasteiger partial charge in [0.25, 0.3) is 0 Å². The third kappa shape index (κ3) is 6.41. The van der Waals surface area contributed by atoms with Crippen LogP contribution in [0.15, 0.2) is 12.4 Å².